The highest BCUT2D eigenvalue weighted by atomic mass is 35.5. The Balaban J connectivity index is 0.000000968. The molecule has 0 saturated heterocycles. The van der Waals surface area contributed by atoms with Gasteiger partial charge in [-0.3, -0.25) is 14.5 Å². The summed E-state index contributed by atoms with van der Waals surface area (Å²) in [5.41, 5.74) is 5.71. The van der Waals surface area contributed by atoms with Gasteiger partial charge in [0.2, 0.25) is 12.3 Å². The number of halogens is 6. The molecule has 3 aromatic carbocycles. The van der Waals surface area contributed by atoms with Gasteiger partial charge in [0.15, 0.2) is 0 Å². The van der Waals surface area contributed by atoms with Crippen LogP contribution >= 0.6 is 58.0 Å². The second kappa shape index (κ2) is 10.5. The van der Waals surface area contributed by atoms with Gasteiger partial charge in [-0.2, -0.15) is 0 Å². The Bertz CT molecular complexity index is 1160. The van der Waals surface area contributed by atoms with E-state index in [2.05, 4.69) is 5.73 Å². The lowest BCUT2D eigenvalue weighted by molar-refractivity contribution is -0.119. The summed E-state index contributed by atoms with van der Waals surface area (Å²) in [5, 5.41) is 0.924. The van der Waals surface area contributed by atoms with Crippen molar-refractivity contribution in [3.63, 3.8) is 0 Å². The summed E-state index contributed by atoms with van der Waals surface area (Å²) in [6.45, 7) is 0. The van der Waals surface area contributed by atoms with Crippen LogP contribution in [-0.2, 0) is 9.59 Å². The zero-order chi connectivity index (χ0) is 24.3. The molecule has 10 heteroatoms. The number of hydrogen-bond donors (Lipinski definition) is 1. The lowest BCUT2D eigenvalue weighted by Crippen LogP contribution is -2.29. The highest BCUT2D eigenvalue weighted by Crippen LogP contribution is 2.66. The van der Waals surface area contributed by atoms with Crippen molar-refractivity contribution in [2.75, 3.05) is 4.90 Å². The molecule has 0 radical (unpaired) electrons. The molecule has 172 valence electrons. The molecular formula is C23H16Cl5FN2O2. The number of carbonyl (C=O) groups is 2. The molecule has 0 unspecified atom stereocenters. The van der Waals surface area contributed by atoms with Gasteiger partial charge in [0, 0.05) is 21.7 Å². The van der Waals surface area contributed by atoms with E-state index in [4.69, 9.17) is 62.8 Å². The maximum absolute atomic E-state index is 13.7. The number of hydrogen-bond acceptors (Lipinski definition) is 2. The lowest BCUT2D eigenvalue weighted by Gasteiger charge is -2.24. The predicted octanol–water partition coefficient (Wildman–Crippen LogP) is 7.14. The number of rotatable bonds is 4. The van der Waals surface area contributed by atoms with Crippen molar-refractivity contribution in [1.29, 1.82) is 0 Å². The van der Waals surface area contributed by atoms with Crippen LogP contribution in [0.25, 0.3) is 0 Å². The van der Waals surface area contributed by atoms with E-state index in [-0.39, 0.29) is 17.3 Å². The molecule has 1 saturated carbocycles. The minimum Gasteiger partial charge on any atom is -0.372 e. The SMILES string of the molecule is NC=O.O=C([C@H]1[C@H](c2cc(Cl)cc(Cl)c2)C1(Cl)Cl)N(c1ccccc1)c1ccc(F)cc1Cl. The van der Waals surface area contributed by atoms with Crippen LogP contribution < -0.4 is 10.6 Å². The Labute approximate surface area is 214 Å². The van der Waals surface area contributed by atoms with Crippen molar-refractivity contribution in [3.8, 4) is 0 Å². The van der Waals surface area contributed by atoms with Gasteiger partial charge >= 0.3 is 0 Å². The van der Waals surface area contributed by atoms with Gasteiger partial charge in [0.1, 0.15) is 10.2 Å². The van der Waals surface area contributed by atoms with Crippen molar-refractivity contribution in [2.24, 2.45) is 11.7 Å². The molecule has 1 aliphatic rings. The Morgan fingerprint density at radius 1 is 0.970 bits per heavy atom. The Hall–Kier alpha value is -2.02. The van der Waals surface area contributed by atoms with Gasteiger partial charge in [0.05, 0.1) is 16.6 Å². The summed E-state index contributed by atoms with van der Waals surface area (Å²) >= 11 is 31.6. The summed E-state index contributed by atoms with van der Waals surface area (Å²) in [4.78, 5) is 23.6. The molecule has 2 N–H and O–H groups in total. The first kappa shape index (κ1) is 25.6. The third-order valence-electron chi connectivity index (χ3n) is 4.95. The third kappa shape index (κ3) is 5.56. The van der Waals surface area contributed by atoms with Crippen molar-refractivity contribution < 1.29 is 14.0 Å². The van der Waals surface area contributed by atoms with Gasteiger partial charge in [-0.25, -0.2) is 4.39 Å². The molecule has 2 atom stereocenters. The predicted molar refractivity (Wildman–Crippen MR) is 132 cm³/mol. The monoisotopic (exact) mass is 546 g/mol. The smallest absolute Gasteiger partial charge is 0.238 e. The van der Waals surface area contributed by atoms with E-state index in [0.29, 0.717) is 27.0 Å². The van der Waals surface area contributed by atoms with E-state index >= 15 is 0 Å². The van der Waals surface area contributed by atoms with E-state index in [9.17, 15) is 9.18 Å². The molecule has 1 fully saturated rings. The first-order valence-corrected chi connectivity index (χ1v) is 11.3. The normalized spacial score (nSPS) is 18.0. The van der Waals surface area contributed by atoms with Crippen LogP contribution in [0.4, 0.5) is 15.8 Å². The first-order chi connectivity index (χ1) is 15.6. The van der Waals surface area contributed by atoms with Crippen LogP contribution in [0, 0.1) is 11.7 Å². The van der Waals surface area contributed by atoms with Gasteiger partial charge in [-0.05, 0) is 54.1 Å². The summed E-state index contributed by atoms with van der Waals surface area (Å²) in [6, 6.07) is 17.7. The van der Waals surface area contributed by atoms with Gasteiger partial charge < -0.3 is 5.73 Å². The number of carbonyl (C=O) groups excluding carboxylic acids is 2. The van der Waals surface area contributed by atoms with Gasteiger partial charge in [-0.15, -0.1) is 23.2 Å². The zero-order valence-corrected chi connectivity index (χ0v) is 20.5. The molecule has 0 bridgehead atoms. The van der Waals surface area contributed by atoms with Crippen LogP contribution in [0.5, 0.6) is 0 Å². The Kier molecular flexibility index (Phi) is 8.14. The molecule has 4 nitrogen and oxygen atoms in total. The summed E-state index contributed by atoms with van der Waals surface area (Å²) in [7, 11) is 0. The fourth-order valence-corrected chi connectivity index (χ4v) is 5.18. The number of amides is 2. The maximum Gasteiger partial charge on any atom is 0.238 e. The van der Waals surface area contributed by atoms with E-state index in [1.54, 1.807) is 42.5 Å². The molecule has 0 aromatic heterocycles. The Morgan fingerprint density at radius 2 is 1.55 bits per heavy atom. The number of alkyl halides is 2. The molecule has 1 aliphatic carbocycles. The third-order valence-corrected chi connectivity index (χ3v) is 6.63. The van der Waals surface area contributed by atoms with Crippen LogP contribution in [0.3, 0.4) is 0 Å². The van der Waals surface area contributed by atoms with Crippen molar-refractivity contribution in [1.82, 2.24) is 0 Å². The number of primary amides is 1. The number of nitrogens with zero attached hydrogens (tertiary/aromatic N) is 1. The lowest BCUT2D eigenvalue weighted by atomic mass is 10.1. The van der Waals surface area contributed by atoms with Crippen LogP contribution in [-0.4, -0.2) is 16.7 Å². The maximum atomic E-state index is 13.7. The summed E-state index contributed by atoms with van der Waals surface area (Å²) < 4.78 is 12.3. The molecule has 2 amide bonds. The molecule has 3 aromatic rings. The highest BCUT2D eigenvalue weighted by Gasteiger charge is 2.68. The molecule has 33 heavy (non-hydrogen) atoms. The topological polar surface area (TPSA) is 63.4 Å². The van der Waals surface area contributed by atoms with E-state index in [1.807, 2.05) is 6.07 Å². The number of para-hydroxylation sites is 1. The average Bonchev–Trinajstić information content (AvgIpc) is 3.32. The van der Waals surface area contributed by atoms with Crippen molar-refractivity contribution in [2.45, 2.75) is 10.3 Å². The number of benzene rings is 3. The fraction of sp³-hybridized carbons (Fsp3) is 0.130. The van der Waals surface area contributed by atoms with E-state index in [0.717, 1.165) is 6.07 Å². The van der Waals surface area contributed by atoms with E-state index in [1.165, 1.54) is 17.0 Å². The van der Waals surface area contributed by atoms with Gasteiger partial charge in [0.25, 0.3) is 0 Å². The molecular weight excluding hydrogens is 533 g/mol. The highest BCUT2D eigenvalue weighted by molar-refractivity contribution is 6.54. The minimum atomic E-state index is -1.36. The molecule has 0 spiro atoms. The largest absolute Gasteiger partial charge is 0.372 e. The second-order valence-electron chi connectivity index (χ2n) is 7.07. The van der Waals surface area contributed by atoms with E-state index < -0.39 is 22.0 Å². The van der Waals surface area contributed by atoms with Crippen LogP contribution in [0.2, 0.25) is 15.1 Å². The molecule has 0 heterocycles. The standard InChI is InChI=1S/C22H13Cl5FNO.CH3NO/c23-13-8-12(9-14(24)10-13)19-20(22(19,26)27)21(30)29(16-4-2-1-3-5-16)18-7-6-15(28)11-17(18)25;2-1-3/h1-11,19-20H;1H,(H2,2,3)/t19-,20+;/m0./s1. The quantitative estimate of drug-likeness (QED) is 0.278. The fourth-order valence-electron chi connectivity index (χ4n) is 3.57. The number of nitrogens with two attached hydrogens (primary N) is 1. The molecule has 4 rings (SSSR count). The first-order valence-electron chi connectivity index (χ1n) is 9.45. The average molecular weight is 549 g/mol. The van der Waals surface area contributed by atoms with Crippen LogP contribution in [0.1, 0.15) is 11.5 Å². The second-order valence-corrected chi connectivity index (χ2v) is 9.80. The zero-order valence-electron chi connectivity index (χ0n) is 16.7. The molecule has 0 aliphatic heterocycles. The van der Waals surface area contributed by atoms with Gasteiger partial charge in [-0.1, -0.05) is 53.0 Å². The summed E-state index contributed by atoms with van der Waals surface area (Å²) in [5.74, 6) is -2.18. The van der Waals surface area contributed by atoms with Crippen molar-refractivity contribution in [3.05, 3.63) is 93.2 Å². The minimum absolute atomic E-state index is 0.0879. The number of anilines is 2. The summed E-state index contributed by atoms with van der Waals surface area (Å²) in [6.07, 6.45) is 0.250. The van der Waals surface area contributed by atoms with Crippen LogP contribution in [0.15, 0.2) is 66.7 Å². The Morgan fingerprint density at radius 3 is 2.09 bits per heavy atom. The van der Waals surface area contributed by atoms with Crippen molar-refractivity contribution >= 4 is 81.7 Å².